The second kappa shape index (κ2) is 7.03. The van der Waals surface area contributed by atoms with Crippen LogP contribution in [-0.4, -0.2) is 14.5 Å². The summed E-state index contributed by atoms with van der Waals surface area (Å²) in [4.78, 5) is 0.338. The zero-order valence-electron chi connectivity index (χ0n) is 11.9. The lowest BCUT2D eigenvalue weighted by molar-refractivity contribution is 0.512. The molecule has 1 aromatic carbocycles. The first-order valence-corrected chi connectivity index (χ1v) is 8.25. The molecule has 1 rings (SSSR count). The highest BCUT2D eigenvalue weighted by Gasteiger charge is 2.21. The minimum absolute atomic E-state index is 0.00377. The molecule has 0 amide bonds. The average molecular weight is 284 g/mol. The van der Waals surface area contributed by atoms with Gasteiger partial charge in [-0.3, -0.25) is 0 Å². The largest absolute Gasteiger partial charge is 0.326 e. The Morgan fingerprint density at radius 3 is 2.53 bits per heavy atom. The zero-order valence-corrected chi connectivity index (χ0v) is 12.8. The third kappa shape index (κ3) is 4.03. The van der Waals surface area contributed by atoms with E-state index >= 15 is 0 Å². The van der Waals surface area contributed by atoms with E-state index in [2.05, 4.69) is 11.6 Å². The highest BCUT2D eigenvalue weighted by molar-refractivity contribution is 7.89. The monoisotopic (exact) mass is 284 g/mol. The number of rotatable bonds is 7. The molecule has 0 aliphatic rings. The number of benzene rings is 1. The van der Waals surface area contributed by atoms with Crippen LogP contribution in [0.3, 0.4) is 0 Å². The second-order valence-corrected chi connectivity index (χ2v) is 6.44. The molecule has 0 fully saturated rings. The van der Waals surface area contributed by atoms with Gasteiger partial charge in [0.2, 0.25) is 10.0 Å². The Bertz CT molecular complexity index is 512. The summed E-state index contributed by atoms with van der Waals surface area (Å²) in [5.41, 5.74) is 7.23. The molecule has 0 radical (unpaired) electrons. The van der Waals surface area contributed by atoms with Crippen LogP contribution >= 0.6 is 0 Å². The standard InChI is InChI=1S/C14H24N2O2S/c1-4-7-13(5-2)16-19(17,18)14-9-6-8-12(10-15)11(14)3/h6,8-9,13,16H,4-5,7,10,15H2,1-3H3. The van der Waals surface area contributed by atoms with Crippen molar-refractivity contribution in [2.24, 2.45) is 5.73 Å². The first-order chi connectivity index (χ1) is 8.96. The van der Waals surface area contributed by atoms with Gasteiger partial charge in [-0.2, -0.15) is 0 Å². The maximum atomic E-state index is 12.4. The maximum absolute atomic E-state index is 12.4. The maximum Gasteiger partial charge on any atom is 0.241 e. The molecule has 0 aliphatic heterocycles. The van der Waals surface area contributed by atoms with E-state index in [4.69, 9.17) is 5.73 Å². The van der Waals surface area contributed by atoms with Gasteiger partial charge in [0.15, 0.2) is 0 Å². The van der Waals surface area contributed by atoms with E-state index in [1.165, 1.54) is 0 Å². The highest BCUT2D eigenvalue weighted by atomic mass is 32.2. The van der Waals surface area contributed by atoms with E-state index in [-0.39, 0.29) is 6.04 Å². The summed E-state index contributed by atoms with van der Waals surface area (Å²) < 4.78 is 27.6. The number of hydrogen-bond acceptors (Lipinski definition) is 3. The molecule has 3 N–H and O–H groups in total. The quantitative estimate of drug-likeness (QED) is 0.807. The van der Waals surface area contributed by atoms with Gasteiger partial charge < -0.3 is 5.73 Å². The Hall–Kier alpha value is -0.910. The molecule has 0 aromatic heterocycles. The molecule has 0 saturated heterocycles. The third-order valence-electron chi connectivity index (χ3n) is 3.36. The van der Waals surface area contributed by atoms with Crippen molar-refractivity contribution in [3.05, 3.63) is 29.3 Å². The van der Waals surface area contributed by atoms with Crippen molar-refractivity contribution < 1.29 is 8.42 Å². The van der Waals surface area contributed by atoms with E-state index in [9.17, 15) is 8.42 Å². The number of hydrogen-bond donors (Lipinski definition) is 2. The first-order valence-electron chi connectivity index (χ1n) is 6.77. The molecule has 19 heavy (non-hydrogen) atoms. The van der Waals surface area contributed by atoms with Crippen LogP contribution in [-0.2, 0) is 16.6 Å². The fourth-order valence-corrected chi connectivity index (χ4v) is 3.79. The summed E-state index contributed by atoms with van der Waals surface area (Å²) in [6.45, 7) is 6.20. The fraction of sp³-hybridized carbons (Fsp3) is 0.571. The molecule has 0 spiro atoms. The van der Waals surface area contributed by atoms with Gasteiger partial charge in [0.25, 0.3) is 0 Å². The van der Waals surface area contributed by atoms with Crippen molar-refractivity contribution in [2.75, 3.05) is 0 Å². The van der Waals surface area contributed by atoms with E-state index in [0.29, 0.717) is 11.4 Å². The Kier molecular flexibility index (Phi) is 5.97. The lowest BCUT2D eigenvalue weighted by atomic mass is 10.1. The van der Waals surface area contributed by atoms with Gasteiger partial charge in [-0.25, -0.2) is 13.1 Å². The number of nitrogens with one attached hydrogen (secondary N) is 1. The van der Waals surface area contributed by atoms with E-state index < -0.39 is 10.0 Å². The SMILES string of the molecule is CCCC(CC)NS(=O)(=O)c1cccc(CN)c1C. The fourth-order valence-electron chi connectivity index (χ4n) is 2.15. The topological polar surface area (TPSA) is 72.2 Å². The summed E-state index contributed by atoms with van der Waals surface area (Å²) in [5.74, 6) is 0. The van der Waals surface area contributed by atoms with Gasteiger partial charge in [0, 0.05) is 12.6 Å². The molecule has 1 atom stereocenters. The number of sulfonamides is 1. The molecule has 4 nitrogen and oxygen atoms in total. The summed E-state index contributed by atoms with van der Waals surface area (Å²) in [7, 11) is -3.46. The predicted octanol–water partition coefficient (Wildman–Crippen LogP) is 2.31. The molecular weight excluding hydrogens is 260 g/mol. The third-order valence-corrected chi connectivity index (χ3v) is 5.02. The molecule has 0 bridgehead atoms. The van der Waals surface area contributed by atoms with E-state index in [1.807, 2.05) is 13.0 Å². The van der Waals surface area contributed by atoms with Gasteiger partial charge >= 0.3 is 0 Å². The lowest BCUT2D eigenvalue weighted by Gasteiger charge is -2.18. The molecule has 0 saturated carbocycles. The minimum atomic E-state index is -3.46. The van der Waals surface area contributed by atoms with Crippen LogP contribution in [0.25, 0.3) is 0 Å². The van der Waals surface area contributed by atoms with Crippen LogP contribution in [0, 0.1) is 6.92 Å². The van der Waals surface area contributed by atoms with Crippen molar-refractivity contribution in [3.8, 4) is 0 Å². The van der Waals surface area contributed by atoms with Crippen LogP contribution in [0.2, 0.25) is 0 Å². The molecule has 1 unspecified atom stereocenters. The van der Waals surface area contributed by atoms with Crippen molar-refractivity contribution >= 4 is 10.0 Å². The highest BCUT2D eigenvalue weighted by Crippen LogP contribution is 2.19. The average Bonchev–Trinajstić information content (AvgIpc) is 2.38. The lowest BCUT2D eigenvalue weighted by Crippen LogP contribution is -2.34. The zero-order chi connectivity index (χ0) is 14.5. The summed E-state index contributed by atoms with van der Waals surface area (Å²) >= 11 is 0. The van der Waals surface area contributed by atoms with Crippen LogP contribution in [0.4, 0.5) is 0 Å². The van der Waals surface area contributed by atoms with Crippen LogP contribution in [0.15, 0.2) is 23.1 Å². The van der Waals surface area contributed by atoms with Gasteiger partial charge in [-0.05, 0) is 37.0 Å². The van der Waals surface area contributed by atoms with Gasteiger partial charge in [-0.1, -0.05) is 32.4 Å². The van der Waals surface area contributed by atoms with Gasteiger partial charge in [0.05, 0.1) is 4.90 Å². The van der Waals surface area contributed by atoms with Crippen molar-refractivity contribution in [2.45, 2.75) is 57.5 Å². The first kappa shape index (κ1) is 16.1. The predicted molar refractivity (Wildman–Crippen MR) is 78.4 cm³/mol. The Balaban J connectivity index is 3.06. The molecule has 5 heteroatoms. The van der Waals surface area contributed by atoms with Crippen molar-refractivity contribution in [1.29, 1.82) is 0 Å². The van der Waals surface area contributed by atoms with Crippen LogP contribution in [0.1, 0.15) is 44.2 Å². The Morgan fingerprint density at radius 2 is 2.00 bits per heavy atom. The molecular formula is C14H24N2O2S. The molecule has 108 valence electrons. The number of nitrogens with two attached hydrogens (primary N) is 1. The van der Waals surface area contributed by atoms with Gasteiger partial charge in [-0.15, -0.1) is 0 Å². The Morgan fingerprint density at radius 1 is 1.32 bits per heavy atom. The Labute approximate surface area is 116 Å². The minimum Gasteiger partial charge on any atom is -0.326 e. The molecule has 1 aromatic rings. The molecule has 0 heterocycles. The normalized spacial score (nSPS) is 13.5. The summed E-state index contributed by atoms with van der Waals surface area (Å²) in [6, 6.07) is 5.23. The van der Waals surface area contributed by atoms with Crippen LogP contribution < -0.4 is 10.5 Å². The summed E-state index contributed by atoms with van der Waals surface area (Å²) in [6.07, 6.45) is 2.61. The van der Waals surface area contributed by atoms with Gasteiger partial charge in [0.1, 0.15) is 0 Å². The van der Waals surface area contributed by atoms with Crippen molar-refractivity contribution in [3.63, 3.8) is 0 Å². The second-order valence-electron chi connectivity index (χ2n) is 4.76. The smallest absolute Gasteiger partial charge is 0.241 e. The van der Waals surface area contributed by atoms with Crippen molar-refractivity contribution in [1.82, 2.24) is 4.72 Å². The van der Waals surface area contributed by atoms with Crippen LogP contribution in [0.5, 0.6) is 0 Å². The van der Waals surface area contributed by atoms with E-state index in [0.717, 1.165) is 30.4 Å². The summed E-state index contributed by atoms with van der Waals surface area (Å²) in [5, 5.41) is 0. The van der Waals surface area contributed by atoms with E-state index in [1.54, 1.807) is 19.1 Å². The molecule has 0 aliphatic carbocycles.